The van der Waals surface area contributed by atoms with E-state index in [4.69, 9.17) is 4.42 Å². The molecular formula is C18H12N4O2. The number of hydrogen-bond donors (Lipinski definition) is 1. The fourth-order valence-corrected chi connectivity index (χ4v) is 2.45. The minimum atomic E-state index is -0.108. The van der Waals surface area contributed by atoms with Gasteiger partial charge in [0.05, 0.1) is 17.8 Å². The zero-order valence-electron chi connectivity index (χ0n) is 12.5. The van der Waals surface area contributed by atoms with Crippen LogP contribution in [0.1, 0.15) is 5.76 Å². The summed E-state index contributed by atoms with van der Waals surface area (Å²) >= 11 is 0. The summed E-state index contributed by atoms with van der Waals surface area (Å²) in [5.41, 5.74) is 3.25. The highest BCUT2D eigenvalue weighted by Gasteiger charge is 2.03. The fourth-order valence-electron chi connectivity index (χ4n) is 2.45. The Hall–Kier alpha value is -3.54. The molecule has 4 aromatic rings. The molecule has 0 radical (unpaired) electrons. The van der Waals surface area contributed by atoms with Crippen molar-refractivity contribution in [3.8, 4) is 0 Å². The quantitative estimate of drug-likeness (QED) is 0.464. The van der Waals surface area contributed by atoms with Gasteiger partial charge in [0.2, 0.25) is 0 Å². The van der Waals surface area contributed by atoms with E-state index in [9.17, 15) is 4.79 Å². The van der Waals surface area contributed by atoms with E-state index in [2.05, 4.69) is 20.7 Å². The number of anilines is 1. The molecule has 0 aliphatic carbocycles. The molecule has 6 nitrogen and oxygen atoms in total. The lowest BCUT2D eigenvalue weighted by Crippen LogP contribution is -2.02. The SMILES string of the molecule is O=c1cc(/C=N/Nc2nncc3ccccc23)oc2ccccc12. The minimum absolute atomic E-state index is 0.108. The third kappa shape index (κ3) is 2.61. The Morgan fingerprint density at radius 1 is 1.04 bits per heavy atom. The molecule has 2 heterocycles. The van der Waals surface area contributed by atoms with Crippen LogP contribution in [-0.4, -0.2) is 16.4 Å². The van der Waals surface area contributed by atoms with Gasteiger partial charge < -0.3 is 4.42 Å². The predicted octanol–water partition coefficient (Wildman–Crippen LogP) is 3.18. The molecule has 116 valence electrons. The molecular weight excluding hydrogens is 304 g/mol. The van der Waals surface area contributed by atoms with Crippen LogP contribution >= 0.6 is 0 Å². The van der Waals surface area contributed by atoms with Crippen LogP contribution in [-0.2, 0) is 0 Å². The van der Waals surface area contributed by atoms with Crippen molar-refractivity contribution < 1.29 is 4.42 Å². The van der Waals surface area contributed by atoms with Crippen molar-refractivity contribution >= 4 is 33.8 Å². The lowest BCUT2D eigenvalue weighted by Gasteiger charge is -2.03. The van der Waals surface area contributed by atoms with Gasteiger partial charge in [-0.1, -0.05) is 36.4 Å². The van der Waals surface area contributed by atoms with Crippen LogP contribution in [0, 0.1) is 0 Å². The molecule has 0 saturated heterocycles. The first-order valence-electron chi connectivity index (χ1n) is 7.34. The van der Waals surface area contributed by atoms with Gasteiger partial charge >= 0.3 is 0 Å². The average Bonchev–Trinajstić information content (AvgIpc) is 2.62. The Morgan fingerprint density at radius 3 is 2.75 bits per heavy atom. The van der Waals surface area contributed by atoms with Gasteiger partial charge in [-0.05, 0) is 12.1 Å². The summed E-state index contributed by atoms with van der Waals surface area (Å²) in [6.07, 6.45) is 3.13. The van der Waals surface area contributed by atoms with E-state index in [0.29, 0.717) is 22.5 Å². The summed E-state index contributed by atoms with van der Waals surface area (Å²) in [6, 6.07) is 16.2. The Morgan fingerprint density at radius 2 is 1.83 bits per heavy atom. The van der Waals surface area contributed by atoms with Crippen LogP contribution in [0.25, 0.3) is 21.7 Å². The second kappa shape index (κ2) is 5.92. The Kier molecular flexibility index (Phi) is 3.47. The molecule has 0 bridgehead atoms. The molecule has 2 aromatic carbocycles. The second-order valence-electron chi connectivity index (χ2n) is 5.16. The van der Waals surface area contributed by atoms with Crippen LogP contribution in [0.4, 0.5) is 5.82 Å². The standard InChI is InChI=1S/C18H12N4O2/c23-16-9-13(24-17-8-4-3-7-15(16)17)11-20-22-18-14-6-2-1-5-12(14)10-19-21-18/h1-11H,(H,21,22)/b20-11+. The first kappa shape index (κ1) is 14.1. The van der Waals surface area contributed by atoms with Crippen LogP contribution < -0.4 is 10.9 Å². The molecule has 4 rings (SSSR count). The van der Waals surface area contributed by atoms with Crippen LogP contribution in [0.3, 0.4) is 0 Å². The van der Waals surface area contributed by atoms with Crippen molar-refractivity contribution in [1.29, 1.82) is 0 Å². The number of aromatic nitrogens is 2. The third-order valence-electron chi connectivity index (χ3n) is 3.59. The molecule has 6 heteroatoms. The van der Waals surface area contributed by atoms with Gasteiger partial charge in [0.1, 0.15) is 5.58 Å². The zero-order chi connectivity index (χ0) is 16.4. The molecule has 0 amide bonds. The molecule has 0 fully saturated rings. The van der Waals surface area contributed by atoms with Gasteiger partial charge in [0, 0.05) is 16.8 Å². The Balaban J connectivity index is 1.65. The lowest BCUT2D eigenvalue weighted by atomic mass is 10.2. The number of rotatable bonds is 3. The molecule has 1 N–H and O–H groups in total. The highest BCUT2D eigenvalue weighted by atomic mass is 16.3. The summed E-state index contributed by atoms with van der Waals surface area (Å²) in [4.78, 5) is 12.0. The first-order chi connectivity index (χ1) is 11.8. The lowest BCUT2D eigenvalue weighted by molar-refractivity contribution is 0.594. The zero-order valence-corrected chi connectivity index (χ0v) is 12.5. The maximum Gasteiger partial charge on any atom is 0.193 e. The first-order valence-corrected chi connectivity index (χ1v) is 7.34. The Labute approximate surface area is 136 Å². The van der Waals surface area contributed by atoms with Gasteiger partial charge in [-0.25, -0.2) is 0 Å². The number of para-hydroxylation sites is 1. The highest BCUT2D eigenvalue weighted by molar-refractivity contribution is 5.91. The van der Waals surface area contributed by atoms with Crippen LogP contribution in [0.2, 0.25) is 0 Å². The van der Waals surface area contributed by atoms with Crippen molar-refractivity contribution in [2.24, 2.45) is 5.10 Å². The van der Waals surface area contributed by atoms with Gasteiger partial charge in [-0.15, -0.1) is 5.10 Å². The maximum absolute atomic E-state index is 12.0. The maximum atomic E-state index is 12.0. The Bertz CT molecular complexity index is 1110. The number of nitrogens with one attached hydrogen (secondary N) is 1. The monoisotopic (exact) mass is 316 g/mol. The van der Waals surface area contributed by atoms with Crippen LogP contribution in [0.5, 0.6) is 0 Å². The average molecular weight is 316 g/mol. The molecule has 2 aromatic heterocycles. The van der Waals surface area contributed by atoms with Gasteiger partial charge in [-0.2, -0.15) is 10.2 Å². The fraction of sp³-hybridized carbons (Fsp3) is 0. The number of nitrogens with zero attached hydrogens (tertiary/aromatic N) is 3. The number of hydrazone groups is 1. The largest absolute Gasteiger partial charge is 0.455 e. The third-order valence-corrected chi connectivity index (χ3v) is 3.59. The normalized spacial score (nSPS) is 11.3. The minimum Gasteiger partial charge on any atom is -0.455 e. The van der Waals surface area contributed by atoms with Crippen LogP contribution in [0.15, 0.2) is 75.1 Å². The van der Waals surface area contributed by atoms with E-state index in [1.165, 1.54) is 12.3 Å². The van der Waals surface area contributed by atoms with E-state index in [0.717, 1.165) is 10.8 Å². The van der Waals surface area contributed by atoms with Gasteiger partial charge in [-0.3, -0.25) is 10.2 Å². The molecule has 0 saturated carbocycles. The molecule has 0 aliphatic rings. The summed E-state index contributed by atoms with van der Waals surface area (Å²) in [6.45, 7) is 0. The summed E-state index contributed by atoms with van der Waals surface area (Å²) in [7, 11) is 0. The van der Waals surface area contributed by atoms with Crippen molar-refractivity contribution in [2.45, 2.75) is 0 Å². The van der Waals surface area contributed by atoms with Crippen molar-refractivity contribution in [2.75, 3.05) is 5.43 Å². The summed E-state index contributed by atoms with van der Waals surface area (Å²) in [5, 5.41) is 14.5. The molecule has 0 spiro atoms. The van der Waals surface area contributed by atoms with E-state index in [1.54, 1.807) is 24.4 Å². The smallest absolute Gasteiger partial charge is 0.193 e. The van der Waals surface area contributed by atoms with Crippen molar-refractivity contribution in [1.82, 2.24) is 10.2 Å². The van der Waals surface area contributed by atoms with Gasteiger partial charge in [0.25, 0.3) is 0 Å². The van der Waals surface area contributed by atoms with Gasteiger partial charge in [0.15, 0.2) is 17.0 Å². The predicted molar refractivity (Wildman–Crippen MR) is 93.2 cm³/mol. The molecule has 0 unspecified atom stereocenters. The van der Waals surface area contributed by atoms with E-state index in [1.807, 2.05) is 30.3 Å². The molecule has 0 atom stereocenters. The number of hydrogen-bond acceptors (Lipinski definition) is 6. The molecule has 24 heavy (non-hydrogen) atoms. The number of benzene rings is 2. The summed E-state index contributed by atoms with van der Waals surface area (Å²) in [5.74, 6) is 0.895. The molecule has 0 aliphatic heterocycles. The van der Waals surface area contributed by atoms with E-state index < -0.39 is 0 Å². The van der Waals surface area contributed by atoms with Crippen molar-refractivity contribution in [3.63, 3.8) is 0 Å². The number of fused-ring (bicyclic) bond motifs is 2. The van der Waals surface area contributed by atoms with E-state index in [-0.39, 0.29) is 5.43 Å². The van der Waals surface area contributed by atoms with E-state index >= 15 is 0 Å². The van der Waals surface area contributed by atoms with Crippen molar-refractivity contribution in [3.05, 3.63) is 76.8 Å². The topological polar surface area (TPSA) is 80.4 Å². The highest BCUT2D eigenvalue weighted by Crippen LogP contribution is 2.19. The second-order valence-corrected chi connectivity index (χ2v) is 5.16. The summed E-state index contributed by atoms with van der Waals surface area (Å²) < 4.78 is 5.64.